The van der Waals surface area contributed by atoms with Crippen LogP contribution in [0.1, 0.15) is 32.3 Å². The number of aromatic nitrogens is 5. The van der Waals surface area contributed by atoms with E-state index in [1.165, 1.54) is 0 Å². The van der Waals surface area contributed by atoms with Gasteiger partial charge in [0, 0.05) is 18.8 Å². The number of hydrogen-bond donors (Lipinski definition) is 2. The first-order valence-corrected chi connectivity index (χ1v) is 9.66. The summed E-state index contributed by atoms with van der Waals surface area (Å²) in [5.41, 5.74) is 7.68. The van der Waals surface area contributed by atoms with E-state index in [0.717, 1.165) is 18.4 Å². The highest BCUT2D eigenvalue weighted by Gasteiger charge is 2.21. The van der Waals surface area contributed by atoms with E-state index in [-0.39, 0.29) is 25.0 Å². The van der Waals surface area contributed by atoms with Gasteiger partial charge in [-0.2, -0.15) is 15.0 Å². The Bertz CT molecular complexity index is 1000. The zero-order valence-corrected chi connectivity index (χ0v) is 17.2. The van der Waals surface area contributed by atoms with Crippen LogP contribution in [0.25, 0.3) is 11.2 Å². The molecule has 30 heavy (non-hydrogen) atoms. The third-order valence-corrected chi connectivity index (χ3v) is 4.18. The molecule has 3 rings (SSSR count). The summed E-state index contributed by atoms with van der Waals surface area (Å²) in [7, 11) is 1.55. The van der Waals surface area contributed by atoms with E-state index in [1.54, 1.807) is 30.9 Å². The molecule has 0 atom stereocenters. The molecular weight excluding hydrogens is 390 g/mol. The van der Waals surface area contributed by atoms with Gasteiger partial charge in [0.25, 0.3) is 0 Å². The van der Waals surface area contributed by atoms with Crippen molar-refractivity contribution in [3.63, 3.8) is 0 Å². The Kier molecular flexibility index (Phi) is 6.83. The van der Waals surface area contributed by atoms with Crippen LogP contribution in [0.3, 0.4) is 0 Å². The molecule has 160 valence electrons. The average molecular weight is 415 g/mol. The second-order valence-electron chi connectivity index (χ2n) is 6.36. The van der Waals surface area contributed by atoms with E-state index in [2.05, 4.69) is 32.2 Å². The van der Waals surface area contributed by atoms with Gasteiger partial charge in [0.1, 0.15) is 0 Å². The van der Waals surface area contributed by atoms with Crippen molar-refractivity contribution >= 4 is 29.1 Å². The van der Waals surface area contributed by atoms with Crippen LogP contribution in [0, 0.1) is 0 Å². The number of pyridine rings is 1. The molecule has 11 heteroatoms. The largest absolute Gasteiger partial charge is 0.516 e. The highest BCUT2D eigenvalue weighted by molar-refractivity contribution is 5.84. The van der Waals surface area contributed by atoms with Crippen LogP contribution in [-0.2, 0) is 11.3 Å². The number of nitrogen functional groups attached to an aromatic ring is 1. The van der Waals surface area contributed by atoms with Crippen LogP contribution in [0.4, 0.5) is 16.6 Å². The molecule has 0 saturated heterocycles. The molecule has 0 aliphatic heterocycles. The number of ether oxygens (including phenoxy) is 3. The van der Waals surface area contributed by atoms with Crippen molar-refractivity contribution in [3.05, 3.63) is 23.9 Å². The first-order chi connectivity index (χ1) is 14.5. The number of unbranched alkanes of at least 4 members (excludes halogenated alkanes) is 1. The quantitative estimate of drug-likeness (QED) is 0.396. The standard InChI is InChI=1S/C19H25N7O4/c1-4-6-9-21-17-24-15(20)14-16(25-17)26(18(23-14)30-19(27)29-5-2)11-12-7-8-13(28-3)22-10-12/h7-8,10H,4-6,9,11H2,1-3H3,(H3,20,21,24,25). The van der Waals surface area contributed by atoms with Crippen LogP contribution in [0.5, 0.6) is 11.9 Å². The number of hydrogen-bond acceptors (Lipinski definition) is 10. The highest BCUT2D eigenvalue weighted by Crippen LogP contribution is 2.26. The van der Waals surface area contributed by atoms with Crippen molar-refractivity contribution in [2.75, 3.05) is 31.3 Å². The summed E-state index contributed by atoms with van der Waals surface area (Å²) in [6.07, 6.45) is 2.79. The molecule has 0 amide bonds. The minimum atomic E-state index is -0.866. The first kappa shape index (κ1) is 21.1. The molecule has 0 unspecified atom stereocenters. The maximum absolute atomic E-state index is 11.9. The molecule has 3 aromatic heterocycles. The number of fused-ring (bicyclic) bond motifs is 1. The fraction of sp³-hybridized carbons (Fsp3) is 0.421. The van der Waals surface area contributed by atoms with Crippen LogP contribution in [0.15, 0.2) is 18.3 Å². The van der Waals surface area contributed by atoms with Gasteiger partial charge < -0.3 is 25.3 Å². The Morgan fingerprint density at radius 1 is 1.23 bits per heavy atom. The monoisotopic (exact) mass is 415 g/mol. The minimum Gasteiger partial charge on any atom is -0.481 e. The predicted octanol–water partition coefficient (Wildman–Crippen LogP) is 2.61. The molecule has 0 radical (unpaired) electrons. The number of anilines is 2. The summed E-state index contributed by atoms with van der Waals surface area (Å²) in [6, 6.07) is 3.59. The summed E-state index contributed by atoms with van der Waals surface area (Å²) in [4.78, 5) is 29.2. The molecule has 11 nitrogen and oxygen atoms in total. The van der Waals surface area contributed by atoms with Crippen molar-refractivity contribution in [2.24, 2.45) is 0 Å². The van der Waals surface area contributed by atoms with Crippen LogP contribution >= 0.6 is 0 Å². The lowest BCUT2D eigenvalue weighted by molar-refractivity contribution is 0.0995. The van der Waals surface area contributed by atoms with Crippen molar-refractivity contribution in [1.82, 2.24) is 24.5 Å². The number of rotatable bonds is 9. The van der Waals surface area contributed by atoms with E-state index in [1.807, 2.05) is 6.07 Å². The van der Waals surface area contributed by atoms with Crippen molar-refractivity contribution < 1.29 is 19.0 Å². The number of nitrogens with one attached hydrogen (secondary N) is 1. The zero-order chi connectivity index (χ0) is 21.5. The second-order valence-corrected chi connectivity index (χ2v) is 6.36. The molecule has 0 aromatic carbocycles. The van der Waals surface area contributed by atoms with Gasteiger partial charge in [0.05, 0.1) is 20.3 Å². The van der Waals surface area contributed by atoms with Crippen molar-refractivity contribution in [3.8, 4) is 11.9 Å². The Labute approximate surface area is 173 Å². The molecule has 0 fully saturated rings. The first-order valence-electron chi connectivity index (χ1n) is 9.66. The van der Waals surface area contributed by atoms with Gasteiger partial charge in [0.2, 0.25) is 11.8 Å². The predicted molar refractivity (Wildman–Crippen MR) is 111 cm³/mol. The molecule has 3 N–H and O–H groups in total. The Balaban J connectivity index is 2.01. The summed E-state index contributed by atoms with van der Waals surface area (Å²) >= 11 is 0. The Hall–Kier alpha value is -3.63. The molecule has 0 bridgehead atoms. The van der Waals surface area contributed by atoms with Crippen LogP contribution in [0.2, 0.25) is 0 Å². The normalized spacial score (nSPS) is 10.8. The van der Waals surface area contributed by atoms with Gasteiger partial charge in [-0.05, 0) is 18.9 Å². The zero-order valence-electron chi connectivity index (χ0n) is 17.2. The van der Waals surface area contributed by atoms with Crippen molar-refractivity contribution in [2.45, 2.75) is 33.2 Å². The maximum atomic E-state index is 11.9. The molecule has 0 saturated carbocycles. The highest BCUT2D eigenvalue weighted by atomic mass is 16.7. The van der Waals surface area contributed by atoms with E-state index >= 15 is 0 Å². The SMILES string of the molecule is CCCCNc1nc(N)c2nc(OC(=O)OCC)n(Cc3ccc(OC)nc3)c2n1. The molecule has 3 aromatic rings. The smallest absolute Gasteiger partial charge is 0.481 e. The number of nitrogens with zero attached hydrogens (tertiary/aromatic N) is 5. The summed E-state index contributed by atoms with van der Waals surface area (Å²) in [5, 5.41) is 3.15. The number of carbonyl (C=O) groups excluding carboxylic acids is 1. The van der Waals surface area contributed by atoms with Crippen LogP contribution < -0.4 is 20.5 Å². The third-order valence-electron chi connectivity index (χ3n) is 4.18. The van der Waals surface area contributed by atoms with Gasteiger partial charge in [-0.3, -0.25) is 4.57 Å². The van der Waals surface area contributed by atoms with Crippen molar-refractivity contribution in [1.29, 1.82) is 0 Å². The lowest BCUT2D eigenvalue weighted by Crippen LogP contribution is -2.14. The second kappa shape index (κ2) is 9.72. The summed E-state index contributed by atoms with van der Waals surface area (Å²) < 4.78 is 16.9. The van der Waals surface area contributed by atoms with Gasteiger partial charge in [0.15, 0.2) is 17.0 Å². The number of nitrogens with two attached hydrogens (primary N) is 1. The molecule has 0 aliphatic carbocycles. The Morgan fingerprint density at radius 3 is 2.73 bits per heavy atom. The number of methoxy groups -OCH3 is 1. The molecule has 0 aliphatic rings. The van der Waals surface area contributed by atoms with Crippen LogP contribution in [-0.4, -0.2) is 50.9 Å². The van der Waals surface area contributed by atoms with E-state index in [9.17, 15) is 4.79 Å². The fourth-order valence-corrected chi connectivity index (χ4v) is 2.71. The average Bonchev–Trinajstić information content (AvgIpc) is 3.06. The van der Waals surface area contributed by atoms with Gasteiger partial charge in [-0.15, -0.1) is 0 Å². The van der Waals surface area contributed by atoms with E-state index in [0.29, 0.717) is 29.5 Å². The fourth-order valence-electron chi connectivity index (χ4n) is 2.71. The summed E-state index contributed by atoms with van der Waals surface area (Å²) in [5.74, 6) is 1.05. The third kappa shape index (κ3) is 4.85. The number of imidazole rings is 1. The lowest BCUT2D eigenvalue weighted by atomic mass is 10.3. The van der Waals surface area contributed by atoms with Gasteiger partial charge in [-0.1, -0.05) is 19.4 Å². The molecule has 3 heterocycles. The topological polar surface area (TPSA) is 139 Å². The lowest BCUT2D eigenvalue weighted by Gasteiger charge is -2.10. The Morgan fingerprint density at radius 2 is 2.07 bits per heavy atom. The maximum Gasteiger partial charge on any atom is 0.516 e. The summed E-state index contributed by atoms with van der Waals surface area (Å²) in [6.45, 7) is 4.95. The minimum absolute atomic E-state index is 0.00553. The molecular formula is C19H25N7O4. The van der Waals surface area contributed by atoms with E-state index in [4.69, 9.17) is 19.9 Å². The van der Waals surface area contributed by atoms with Gasteiger partial charge in [-0.25, -0.2) is 9.78 Å². The van der Waals surface area contributed by atoms with E-state index < -0.39 is 6.16 Å². The number of carbonyl (C=O) groups is 1. The van der Waals surface area contributed by atoms with Gasteiger partial charge >= 0.3 is 12.2 Å². The molecule has 0 spiro atoms.